The fourth-order valence-corrected chi connectivity index (χ4v) is 3.30. The summed E-state index contributed by atoms with van der Waals surface area (Å²) >= 11 is 0. The molecule has 21 heavy (non-hydrogen) atoms. The highest BCUT2D eigenvalue weighted by Gasteiger charge is 2.27. The predicted octanol–water partition coefficient (Wildman–Crippen LogP) is 2.75. The van der Waals surface area contributed by atoms with Gasteiger partial charge in [0.05, 0.1) is 0 Å². The average Bonchev–Trinajstić information content (AvgIpc) is 2.61. The quantitative estimate of drug-likeness (QED) is 0.899. The molecule has 2 rings (SSSR count). The van der Waals surface area contributed by atoms with E-state index >= 15 is 0 Å². The molecule has 1 N–H and O–H groups in total. The van der Waals surface area contributed by atoms with E-state index < -0.39 is 0 Å². The second-order valence-electron chi connectivity index (χ2n) is 6.69. The van der Waals surface area contributed by atoms with E-state index in [-0.39, 0.29) is 0 Å². The summed E-state index contributed by atoms with van der Waals surface area (Å²) < 4.78 is 0. The smallest absolute Gasteiger partial charge is 0.0476 e. The van der Waals surface area contributed by atoms with Gasteiger partial charge in [0, 0.05) is 37.8 Å². The van der Waals surface area contributed by atoms with Crippen molar-refractivity contribution in [3.63, 3.8) is 0 Å². The molecule has 2 unspecified atom stereocenters. The molecule has 1 aromatic carbocycles. The second-order valence-corrected chi connectivity index (χ2v) is 6.69. The topological polar surface area (TPSA) is 18.5 Å². The van der Waals surface area contributed by atoms with Crippen LogP contribution in [0, 0.1) is 0 Å². The zero-order valence-corrected chi connectivity index (χ0v) is 14.0. The molecule has 0 saturated carbocycles. The van der Waals surface area contributed by atoms with Gasteiger partial charge in [-0.2, -0.15) is 0 Å². The molecule has 0 spiro atoms. The van der Waals surface area contributed by atoms with Gasteiger partial charge in [0.15, 0.2) is 0 Å². The fraction of sp³-hybridized carbons (Fsp3) is 0.667. The van der Waals surface area contributed by atoms with Gasteiger partial charge in [-0.3, -0.25) is 4.90 Å². The Labute approximate surface area is 130 Å². The molecule has 3 nitrogen and oxygen atoms in total. The monoisotopic (exact) mass is 289 g/mol. The predicted molar refractivity (Wildman–Crippen MR) is 90.6 cm³/mol. The normalized spacial score (nSPS) is 23.2. The van der Waals surface area contributed by atoms with Crippen LogP contribution in [0.15, 0.2) is 30.3 Å². The van der Waals surface area contributed by atoms with Crippen molar-refractivity contribution in [3.05, 3.63) is 35.9 Å². The lowest BCUT2D eigenvalue weighted by atomic mass is 10.0. The van der Waals surface area contributed by atoms with Crippen LogP contribution in [0.2, 0.25) is 0 Å². The fourth-order valence-electron chi connectivity index (χ4n) is 3.30. The highest BCUT2D eigenvalue weighted by Crippen LogP contribution is 2.24. The summed E-state index contributed by atoms with van der Waals surface area (Å²) in [6.07, 6.45) is 1.26. The maximum atomic E-state index is 3.64. The Hall–Kier alpha value is -0.900. The van der Waals surface area contributed by atoms with Crippen LogP contribution >= 0.6 is 0 Å². The first-order valence-electron chi connectivity index (χ1n) is 8.30. The second kappa shape index (κ2) is 7.92. The Morgan fingerprint density at radius 2 is 1.90 bits per heavy atom. The third-order valence-electron chi connectivity index (χ3n) is 4.40. The van der Waals surface area contributed by atoms with Crippen LogP contribution in [0.1, 0.15) is 38.8 Å². The lowest BCUT2D eigenvalue weighted by Crippen LogP contribution is -2.44. The van der Waals surface area contributed by atoms with Crippen molar-refractivity contribution in [1.29, 1.82) is 0 Å². The number of rotatable bonds is 5. The highest BCUT2D eigenvalue weighted by atomic mass is 15.3. The lowest BCUT2D eigenvalue weighted by Gasteiger charge is -2.36. The van der Waals surface area contributed by atoms with Crippen molar-refractivity contribution in [1.82, 2.24) is 15.1 Å². The molecular formula is C18H31N3. The Morgan fingerprint density at radius 3 is 2.57 bits per heavy atom. The van der Waals surface area contributed by atoms with E-state index in [1.54, 1.807) is 0 Å². The van der Waals surface area contributed by atoms with Crippen molar-refractivity contribution in [2.24, 2.45) is 0 Å². The number of nitrogens with one attached hydrogen (secondary N) is 1. The molecular weight excluding hydrogens is 258 g/mol. The van der Waals surface area contributed by atoms with Crippen molar-refractivity contribution in [3.8, 4) is 0 Å². The van der Waals surface area contributed by atoms with E-state index in [9.17, 15) is 0 Å². The van der Waals surface area contributed by atoms with Crippen molar-refractivity contribution < 1.29 is 0 Å². The minimum Gasteiger partial charge on any atom is -0.313 e. The van der Waals surface area contributed by atoms with Gasteiger partial charge in [0.1, 0.15) is 0 Å². The molecule has 1 fully saturated rings. The molecule has 0 bridgehead atoms. The standard InChI is InChI=1S/C18H31N3/c1-15(2)19-13-18(17-9-6-5-7-10-17)21-12-8-11-20(4)14-16(21)3/h5-7,9-10,15-16,18-19H,8,11-14H2,1-4H3. The van der Waals surface area contributed by atoms with Crippen LogP contribution in [0.4, 0.5) is 0 Å². The van der Waals surface area contributed by atoms with Gasteiger partial charge in [-0.1, -0.05) is 44.2 Å². The molecule has 0 aromatic heterocycles. The minimum absolute atomic E-state index is 0.468. The zero-order valence-electron chi connectivity index (χ0n) is 14.0. The molecule has 1 saturated heterocycles. The van der Waals surface area contributed by atoms with Crippen LogP contribution in [-0.4, -0.2) is 55.1 Å². The average molecular weight is 289 g/mol. The van der Waals surface area contributed by atoms with E-state index in [4.69, 9.17) is 0 Å². The van der Waals surface area contributed by atoms with E-state index in [1.807, 2.05) is 0 Å². The van der Waals surface area contributed by atoms with E-state index in [0.717, 1.165) is 13.1 Å². The highest BCUT2D eigenvalue weighted by molar-refractivity contribution is 5.20. The van der Waals surface area contributed by atoms with E-state index in [1.165, 1.54) is 25.1 Å². The molecule has 0 aliphatic carbocycles. The maximum absolute atomic E-state index is 3.64. The molecule has 1 aromatic rings. The Kier molecular flexibility index (Phi) is 6.22. The number of nitrogens with zero attached hydrogens (tertiary/aromatic N) is 2. The Balaban J connectivity index is 2.17. The summed E-state index contributed by atoms with van der Waals surface area (Å²) in [6, 6.07) is 12.6. The SMILES string of the molecule is CC(C)NCC(c1ccccc1)N1CCCN(C)CC1C. The van der Waals surface area contributed by atoms with Crippen LogP contribution in [0.3, 0.4) is 0 Å². The largest absolute Gasteiger partial charge is 0.313 e. The van der Waals surface area contributed by atoms with Crippen LogP contribution in [0.25, 0.3) is 0 Å². The summed E-state index contributed by atoms with van der Waals surface area (Å²) in [5, 5.41) is 3.64. The molecule has 1 aliphatic heterocycles. The van der Waals surface area contributed by atoms with Gasteiger partial charge in [-0.15, -0.1) is 0 Å². The Bertz CT molecular complexity index is 404. The summed E-state index contributed by atoms with van der Waals surface area (Å²) in [4.78, 5) is 5.15. The van der Waals surface area contributed by atoms with Crippen LogP contribution in [0.5, 0.6) is 0 Å². The molecule has 0 radical (unpaired) electrons. The first kappa shape index (κ1) is 16.5. The molecule has 0 amide bonds. The molecule has 1 heterocycles. The van der Waals surface area contributed by atoms with Gasteiger partial charge < -0.3 is 10.2 Å². The lowest BCUT2D eigenvalue weighted by molar-refractivity contribution is 0.138. The van der Waals surface area contributed by atoms with Gasteiger partial charge in [0.2, 0.25) is 0 Å². The summed E-state index contributed by atoms with van der Waals surface area (Å²) in [7, 11) is 2.24. The number of hydrogen-bond acceptors (Lipinski definition) is 3. The summed E-state index contributed by atoms with van der Waals surface area (Å²) in [5.74, 6) is 0. The van der Waals surface area contributed by atoms with Crippen LogP contribution < -0.4 is 5.32 Å². The van der Waals surface area contributed by atoms with Crippen LogP contribution in [-0.2, 0) is 0 Å². The van der Waals surface area contributed by atoms with Crippen molar-refractivity contribution in [2.45, 2.75) is 45.3 Å². The molecule has 1 aliphatic rings. The minimum atomic E-state index is 0.468. The number of likely N-dealkylation sites (N-methyl/N-ethyl adjacent to an activating group) is 1. The first-order chi connectivity index (χ1) is 10.1. The molecule has 2 atom stereocenters. The van der Waals surface area contributed by atoms with Gasteiger partial charge in [-0.25, -0.2) is 0 Å². The third-order valence-corrected chi connectivity index (χ3v) is 4.40. The van der Waals surface area contributed by atoms with Gasteiger partial charge in [0.25, 0.3) is 0 Å². The summed E-state index contributed by atoms with van der Waals surface area (Å²) in [5.41, 5.74) is 1.43. The van der Waals surface area contributed by atoms with Gasteiger partial charge in [-0.05, 0) is 32.5 Å². The number of benzene rings is 1. The third kappa shape index (κ3) is 4.80. The zero-order chi connectivity index (χ0) is 15.2. The summed E-state index contributed by atoms with van der Waals surface area (Å²) in [6.45, 7) is 11.4. The first-order valence-corrected chi connectivity index (χ1v) is 8.30. The van der Waals surface area contributed by atoms with Crippen molar-refractivity contribution >= 4 is 0 Å². The van der Waals surface area contributed by atoms with E-state index in [2.05, 4.69) is 73.3 Å². The van der Waals surface area contributed by atoms with E-state index in [0.29, 0.717) is 18.1 Å². The maximum Gasteiger partial charge on any atom is 0.0476 e. The number of hydrogen-bond donors (Lipinski definition) is 1. The van der Waals surface area contributed by atoms with Gasteiger partial charge >= 0.3 is 0 Å². The molecule has 3 heteroatoms. The Morgan fingerprint density at radius 1 is 1.19 bits per heavy atom. The molecule has 118 valence electrons. The van der Waals surface area contributed by atoms with Crippen molar-refractivity contribution in [2.75, 3.05) is 33.2 Å².